The van der Waals surface area contributed by atoms with Crippen molar-refractivity contribution in [2.75, 3.05) is 11.4 Å². The van der Waals surface area contributed by atoms with Crippen LogP contribution in [-0.4, -0.2) is 17.6 Å². The van der Waals surface area contributed by atoms with Crippen LogP contribution in [0.15, 0.2) is 47.6 Å². The molecule has 2 aromatic rings. The van der Waals surface area contributed by atoms with Gasteiger partial charge < -0.3 is 15.8 Å². The first-order chi connectivity index (χ1) is 10.1. The molecule has 0 aliphatic carbocycles. The van der Waals surface area contributed by atoms with Gasteiger partial charge in [-0.2, -0.15) is 0 Å². The summed E-state index contributed by atoms with van der Waals surface area (Å²) >= 11 is 6.22. The molecule has 21 heavy (non-hydrogen) atoms. The Balaban J connectivity index is 2.61. The minimum atomic E-state index is 0.00158. The average Bonchev–Trinajstić information content (AvgIpc) is 2.47. The summed E-state index contributed by atoms with van der Waals surface area (Å²) in [6.07, 6.45) is 0. The molecule has 0 aromatic heterocycles. The largest absolute Gasteiger partial charge is 0.409 e. The molecule has 0 aliphatic rings. The number of rotatable bonds is 4. The number of hydrogen-bond donors (Lipinski definition) is 2. The number of aryl methyl sites for hydroxylation is 1. The molecule has 0 atom stereocenters. The molecule has 0 unspecified atom stereocenters. The van der Waals surface area contributed by atoms with Gasteiger partial charge in [0.25, 0.3) is 0 Å². The van der Waals surface area contributed by atoms with Crippen LogP contribution in [0, 0.1) is 6.92 Å². The fourth-order valence-corrected chi connectivity index (χ4v) is 2.60. The van der Waals surface area contributed by atoms with Crippen molar-refractivity contribution in [3.05, 3.63) is 58.6 Å². The molecule has 5 heteroatoms. The molecule has 3 N–H and O–H groups in total. The van der Waals surface area contributed by atoms with E-state index in [1.165, 1.54) is 5.56 Å². The number of benzene rings is 2. The van der Waals surface area contributed by atoms with Crippen LogP contribution in [-0.2, 0) is 0 Å². The van der Waals surface area contributed by atoms with Gasteiger partial charge in [0.1, 0.15) is 0 Å². The fraction of sp³-hybridized carbons (Fsp3) is 0.188. The first-order valence-electron chi connectivity index (χ1n) is 6.69. The normalized spacial score (nSPS) is 11.5. The average molecular weight is 304 g/mol. The molecule has 4 nitrogen and oxygen atoms in total. The Morgan fingerprint density at radius 3 is 2.62 bits per heavy atom. The molecule has 0 heterocycles. The van der Waals surface area contributed by atoms with Crippen molar-refractivity contribution in [1.82, 2.24) is 0 Å². The Hall–Kier alpha value is -2.20. The monoisotopic (exact) mass is 303 g/mol. The summed E-state index contributed by atoms with van der Waals surface area (Å²) in [4.78, 5) is 2.08. The van der Waals surface area contributed by atoms with Crippen LogP contribution in [0.2, 0.25) is 5.02 Å². The van der Waals surface area contributed by atoms with Crippen molar-refractivity contribution in [3.8, 4) is 0 Å². The maximum Gasteiger partial charge on any atom is 0.173 e. The number of hydrogen-bond acceptors (Lipinski definition) is 3. The minimum absolute atomic E-state index is 0.00158. The summed E-state index contributed by atoms with van der Waals surface area (Å²) in [6, 6.07) is 13.6. The zero-order valence-electron chi connectivity index (χ0n) is 12.0. The van der Waals surface area contributed by atoms with Crippen LogP contribution in [0.5, 0.6) is 0 Å². The smallest absolute Gasteiger partial charge is 0.173 e. The van der Waals surface area contributed by atoms with E-state index in [9.17, 15) is 0 Å². The predicted octanol–water partition coefficient (Wildman–Crippen LogP) is 3.90. The van der Waals surface area contributed by atoms with Gasteiger partial charge in [-0.15, -0.1) is 0 Å². The van der Waals surface area contributed by atoms with E-state index in [-0.39, 0.29) is 5.84 Å². The van der Waals surface area contributed by atoms with Gasteiger partial charge in [-0.1, -0.05) is 35.0 Å². The highest BCUT2D eigenvalue weighted by Gasteiger charge is 2.17. The van der Waals surface area contributed by atoms with Crippen LogP contribution in [0.1, 0.15) is 18.1 Å². The molecule has 2 aromatic carbocycles. The van der Waals surface area contributed by atoms with Crippen molar-refractivity contribution < 1.29 is 5.21 Å². The predicted molar refractivity (Wildman–Crippen MR) is 87.8 cm³/mol. The molecule has 0 spiro atoms. The Labute approximate surface area is 129 Å². The van der Waals surface area contributed by atoms with Crippen LogP contribution >= 0.6 is 11.6 Å². The van der Waals surface area contributed by atoms with Crippen molar-refractivity contribution in [3.63, 3.8) is 0 Å². The first kappa shape index (κ1) is 15.2. The van der Waals surface area contributed by atoms with Crippen LogP contribution in [0.25, 0.3) is 0 Å². The number of anilines is 2. The van der Waals surface area contributed by atoms with E-state index in [0.717, 1.165) is 17.9 Å². The number of amidine groups is 1. The second-order valence-electron chi connectivity index (χ2n) is 4.70. The topological polar surface area (TPSA) is 61.8 Å². The van der Waals surface area contributed by atoms with Gasteiger partial charge in [0.2, 0.25) is 0 Å². The van der Waals surface area contributed by atoms with Gasteiger partial charge in [-0.25, -0.2) is 0 Å². The molecule has 0 bridgehead atoms. The summed E-state index contributed by atoms with van der Waals surface area (Å²) in [5.74, 6) is 0.00158. The number of nitrogens with two attached hydrogens (primary N) is 1. The third-order valence-corrected chi connectivity index (χ3v) is 3.59. The van der Waals surface area contributed by atoms with E-state index >= 15 is 0 Å². The van der Waals surface area contributed by atoms with Gasteiger partial charge >= 0.3 is 0 Å². The molecule has 110 valence electrons. The van der Waals surface area contributed by atoms with Gasteiger partial charge in [0, 0.05) is 12.2 Å². The van der Waals surface area contributed by atoms with Gasteiger partial charge in [-0.3, -0.25) is 0 Å². The highest BCUT2D eigenvalue weighted by Crippen LogP contribution is 2.32. The molecular weight excluding hydrogens is 286 g/mol. The van der Waals surface area contributed by atoms with E-state index in [4.69, 9.17) is 22.5 Å². The van der Waals surface area contributed by atoms with E-state index < -0.39 is 0 Å². The Bertz CT molecular complexity index is 670. The van der Waals surface area contributed by atoms with Crippen LogP contribution in [0.3, 0.4) is 0 Å². The van der Waals surface area contributed by atoms with Crippen molar-refractivity contribution in [2.24, 2.45) is 10.9 Å². The van der Waals surface area contributed by atoms with E-state index in [1.54, 1.807) is 6.07 Å². The Kier molecular flexibility index (Phi) is 4.70. The van der Waals surface area contributed by atoms with Crippen molar-refractivity contribution in [1.29, 1.82) is 0 Å². The zero-order chi connectivity index (χ0) is 15.4. The van der Waals surface area contributed by atoms with Crippen molar-refractivity contribution in [2.45, 2.75) is 13.8 Å². The third kappa shape index (κ3) is 3.11. The Morgan fingerprint density at radius 2 is 2.00 bits per heavy atom. The molecule has 0 saturated heterocycles. The molecule has 0 fully saturated rings. The SMILES string of the molecule is CCN(c1cccc(C)c1)c1cccc(Cl)c1C(N)=NO. The van der Waals surface area contributed by atoms with Crippen LogP contribution < -0.4 is 10.6 Å². The third-order valence-electron chi connectivity index (χ3n) is 3.28. The lowest BCUT2D eigenvalue weighted by Gasteiger charge is -2.26. The Morgan fingerprint density at radius 1 is 1.29 bits per heavy atom. The molecular formula is C16H18ClN3O. The first-order valence-corrected chi connectivity index (χ1v) is 7.07. The van der Waals surface area contributed by atoms with E-state index in [1.807, 2.05) is 44.2 Å². The van der Waals surface area contributed by atoms with E-state index in [0.29, 0.717) is 10.6 Å². The number of nitrogens with zero attached hydrogens (tertiary/aromatic N) is 2. The van der Waals surface area contributed by atoms with Gasteiger partial charge in [0.15, 0.2) is 5.84 Å². The quantitative estimate of drug-likeness (QED) is 0.390. The summed E-state index contributed by atoms with van der Waals surface area (Å²) in [5.41, 5.74) is 9.33. The molecule has 0 aliphatic heterocycles. The zero-order valence-corrected chi connectivity index (χ0v) is 12.8. The second kappa shape index (κ2) is 6.50. The molecule has 0 amide bonds. The molecule has 0 radical (unpaired) electrons. The maximum absolute atomic E-state index is 8.99. The molecule has 2 rings (SSSR count). The summed E-state index contributed by atoms with van der Waals surface area (Å²) in [5, 5.41) is 12.5. The standard InChI is InChI=1S/C16H18ClN3O/c1-3-20(12-7-4-6-11(2)10-12)14-9-5-8-13(17)15(14)16(18)19-21/h4-10,21H,3H2,1-2H3,(H2,18,19). The van der Waals surface area contributed by atoms with E-state index in [2.05, 4.69) is 16.1 Å². The summed E-state index contributed by atoms with van der Waals surface area (Å²) in [7, 11) is 0. The second-order valence-corrected chi connectivity index (χ2v) is 5.11. The highest BCUT2D eigenvalue weighted by molar-refractivity contribution is 6.35. The summed E-state index contributed by atoms with van der Waals surface area (Å²) < 4.78 is 0. The lowest BCUT2D eigenvalue weighted by molar-refractivity contribution is 0.318. The number of halogens is 1. The number of oxime groups is 1. The fourth-order valence-electron chi connectivity index (χ4n) is 2.33. The van der Waals surface area contributed by atoms with Gasteiger partial charge in [0.05, 0.1) is 16.3 Å². The minimum Gasteiger partial charge on any atom is -0.409 e. The summed E-state index contributed by atoms with van der Waals surface area (Å²) in [6.45, 7) is 4.81. The highest BCUT2D eigenvalue weighted by atomic mass is 35.5. The lowest BCUT2D eigenvalue weighted by atomic mass is 10.1. The lowest BCUT2D eigenvalue weighted by Crippen LogP contribution is -2.23. The molecule has 0 saturated carbocycles. The van der Waals surface area contributed by atoms with Crippen LogP contribution in [0.4, 0.5) is 11.4 Å². The van der Waals surface area contributed by atoms with Crippen molar-refractivity contribution >= 4 is 28.8 Å². The maximum atomic E-state index is 8.99. The van der Waals surface area contributed by atoms with Gasteiger partial charge in [-0.05, 0) is 43.7 Å².